The lowest BCUT2D eigenvalue weighted by molar-refractivity contribution is 0.0224. The maximum Gasteiger partial charge on any atom is 0.0471 e. The Kier molecular flexibility index (Phi) is 4.11. The highest BCUT2D eigenvalue weighted by atomic mass is 16.5. The first kappa shape index (κ1) is 15.1. The molecule has 1 aliphatic carbocycles. The van der Waals surface area contributed by atoms with Crippen molar-refractivity contribution in [2.24, 2.45) is 5.41 Å². The molecule has 21 heavy (non-hydrogen) atoms. The Morgan fingerprint density at radius 2 is 1.81 bits per heavy atom. The molecule has 0 saturated carbocycles. The molecule has 0 bridgehead atoms. The van der Waals surface area contributed by atoms with Gasteiger partial charge < -0.3 is 10.1 Å². The topological polar surface area (TPSA) is 21.3 Å². The van der Waals surface area contributed by atoms with Crippen LogP contribution in [0.4, 0.5) is 0 Å². The van der Waals surface area contributed by atoms with Gasteiger partial charge in [0.05, 0.1) is 0 Å². The van der Waals surface area contributed by atoms with E-state index in [2.05, 4.69) is 50.4 Å². The average Bonchev–Trinajstić information content (AvgIpc) is 2.47. The molecule has 1 aromatic carbocycles. The number of rotatable bonds is 3. The maximum absolute atomic E-state index is 5.51. The summed E-state index contributed by atoms with van der Waals surface area (Å²) in [6.45, 7) is 10.1. The van der Waals surface area contributed by atoms with E-state index in [1.807, 2.05) is 0 Å². The maximum atomic E-state index is 5.51. The third-order valence-corrected chi connectivity index (χ3v) is 5.60. The molecule has 2 aliphatic rings. The van der Waals surface area contributed by atoms with Crippen LogP contribution in [0.5, 0.6) is 0 Å². The van der Waals surface area contributed by atoms with Crippen molar-refractivity contribution in [1.82, 2.24) is 5.32 Å². The van der Waals surface area contributed by atoms with E-state index in [9.17, 15) is 0 Å². The smallest absolute Gasteiger partial charge is 0.0471 e. The molecule has 116 valence electrons. The van der Waals surface area contributed by atoms with Gasteiger partial charge in [0.2, 0.25) is 0 Å². The summed E-state index contributed by atoms with van der Waals surface area (Å²) in [5, 5.41) is 3.87. The van der Waals surface area contributed by atoms with E-state index in [-0.39, 0.29) is 0 Å². The van der Waals surface area contributed by atoms with E-state index in [0.29, 0.717) is 16.9 Å². The summed E-state index contributed by atoms with van der Waals surface area (Å²) in [6, 6.07) is 9.53. The molecule has 0 spiro atoms. The zero-order valence-corrected chi connectivity index (χ0v) is 13.7. The van der Waals surface area contributed by atoms with Gasteiger partial charge in [-0.3, -0.25) is 0 Å². The Balaban J connectivity index is 1.72. The van der Waals surface area contributed by atoms with Crippen molar-refractivity contribution in [2.75, 3.05) is 19.8 Å². The molecule has 1 atom stereocenters. The summed E-state index contributed by atoms with van der Waals surface area (Å²) >= 11 is 0. The van der Waals surface area contributed by atoms with Gasteiger partial charge in [-0.2, -0.15) is 0 Å². The number of hydrogen-bond donors (Lipinski definition) is 1. The molecule has 0 aromatic heterocycles. The molecule has 1 N–H and O–H groups in total. The first-order valence-electron chi connectivity index (χ1n) is 8.41. The molecule has 1 unspecified atom stereocenters. The van der Waals surface area contributed by atoms with Gasteiger partial charge >= 0.3 is 0 Å². The van der Waals surface area contributed by atoms with E-state index in [4.69, 9.17) is 4.74 Å². The van der Waals surface area contributed by atoms with Crippen LogP contribution in [0.1, 0.15) is 63.6 Å². The number of ether oxygens (including phenoxy) is 1. The highest BCUT2D eigenvalue weighted by Crippen LogP contribution is 2.41. The number of fused-ring (bicyclic) bond motifs is 1. The van der Waals surface area contributed by atoms with Crippen LogP contribution in [0.3, 0.4) is 0 Å². The van der Waals surface area contributed by atoms with Crippen molar-refractivity contribution in [2.45, 2.75) is 57.9 Å². The second kappa shape index (κ2) is 5.73. The molecule has 2 nitrogen and oxygen atoms in total. The van der Waals surface area contributed by atoms with Crippen LogP contribution in [-0.2, 0) is 10.2 Å². The summed E-state index contributed by atoms with van der Waals surface area (Å²) in [5.74, 6) is 0. The fraction of sp³-hybridized carbons (Fsp3) is 0.684. The minimum absolute atomic E-state index is 0.317. The van der Waals surface area contributed by atoms with Crippen molar-refractivity contribution < 1.29 is 4.74 Å². The standard InChI is InChI=1S/C19H29NO/c1-18(2)9-8-17(15-6-4-5-7-16(15)18)20-14-19(3)10-12-21-13-11-19/h4-7,17,20H,8-14H2,1-3H3. The van der Waals surface area contributed by atoms with Crippen molar-refractivity contribution in [3.05, 3.63) is 35.4 Å². The van der Waals surface area contributed by atoms with E-state index in [1.54, 1.807) is 0 Å². The third-order valence-electron chi connectivity index (χ3n) is 5.60. The average molecular weight is 287 g/mol. The van der Waals surface area contributed by atoms with Crippen LogP contribution >= 0.6 is 0 Å². The molecular weight excluding hydrogens is 258 g/mol. The quantitative estimate of drug-likeness (QED) is 0.899. The molecule has 0 radical (unpaired) electrons. The van der Waals surface area contributed by atoms with Crippen molar-refractivity contribution in [3.63, 3.8) is 0 Å². The lowest BCUT2D eigenvalue weighted by Gasteiger charge is -2.40. The summed E-state index contributed by atoms with van der Waals surface area (Å²) in [6.07, 6.45) is 4.87. The monoisotopic (exact) mass is 287 g/mol. The molecule has 1 saturated heterocycles. The van der Waals surface area contributed by atoms with Crippen LogP contribution < -0.4 is 5.32 Å². The Morgan fingerprint density at radius 3 is 2.57 bits per heavy atom. The van der Waals surface area contributed by atoms with Gasteiger partial charge in [0, 0.05) is 25.8 Å². The fourth-order valence-corrected chi connectivity index (χ4v) is 3.84. The van der Waals surface area contributed by atoms with E-state index >= 15 is 0 Å². The van der Waals surface area contributed by atoms with Crippen LogP contribution in [0.2, 0.25) is 0 Å². The van der Waals surface area contributed by atoms with Gasteiger partial charge in [0.1, 0.15) is 0 Å². The number of hydrogen-bond acceptors (Lipinski definition) is 2. The molecule has 1 heterocycles. The molecule has 1 fully saturated rings. The molecule has 3 rings (SSSR count). The van der Waals surface area contributed by atoms with E-state index in [1.165, 1.54) is 36.8 Å². The van der Waals surface area contributed by atoms with Crippen molar-refractivity contribution >= 4 is 0 Å². The van der Waals surface area contributed by atoms with Gasteiger partial charge in [0.15, 0.2) is 0 Å². The van der Waals surface area contributed by atoms with Gasteiger partial charge in [-0.15, -0.1) is 0 Å². The predicted octanol–water partition coefficient (Wildman–Crippen LogP) is 4.21. The lowest BCUT2D eigenvalue weighted by atomic mass is 9.71. The number of nitrogens with one attached hydrogen (secondary N) is 1. The summed E-state index contributed by atoms with van der Waals surface area (Å²) in [4.78, 5) is 0. The zero-order valence-electron chi connectivity index (χ0n) is 13.7. The minimum Gasteiger partial charge on any atom is -0.381 e. The number of benzene rings is 1. The highest BCUT2D eigenvalue weighted by molar-refractivity contribution is 5.38. The van der Waals surface area contributed by atoms with Crippen molar-refractivity contribution in [1.29, 1.82) is 0 Å². The molecule has 1 aromatic rings. The van der Waals surface area contributed by atoms with Crippen LogP contribution in [0.25, 0.3) is 0 Å². The zero-order chi connectivity index (χ0) is 14.9. The Bertz CT molecular complexity index is 488. The lowest BCUT2D eigenvalue weighted by Crippen LogP contribution is -2.40. The highest BCUT2D eigenvalue weighted by Gasteiger charge is 2.34. The van der Waals surface area contributed by atoms with Gasteiger partial charge in [-0.05, 0) is 47.6 Å². The van der Waals surface area contributed by atoms with Gasteiger partial charge in [-0.25, -0.2) is 0 Å². The molecule has 0 amide bonds. The van der Waals surface area contributed by atoms with Gasteiger partial charge in [-0.1, -0.05) is 45.0 Å². The first-order valence-corrected chi connectivity index (χ1v) is 8.41. The normalized spacial score (nSPS) is 27.1. The summed E-state index contributed by atoms with van der Waals surface area (Å²) < 4.78 is 5.51. The van der Waals surface area contributed by atoms with Crippen LogP contribution in [-0.4, -0.2) is 19.8 Å². The Morgan fingerprint density at radius 1 is 1.10 bits per heavy atom. The SMILES string of the molecule is CC1(CNC2CCC(C)(C)c3ccccc32)CCOCC1. The second-order valence-corrected chi connectivity index (χ2v) is 7.87. The Hall–Kier alpha value is -0.860. The first-order chi connectivity index (χ1) is 10.0. The Labute approximate surface area is 129 Å². The minimum atomic E-state index is 0.317. The summed E-state index contributed by atoms with van der Waals surface area (Å²) in [5.41, 5.74) is 3.77. The van der Waals surface area contributed by atoms with Crippen molar-refractivity contribution in [3.8, 4) is 0 Å². The van der Waals surface area contributed by atoms with Gasteiger partial charge in [0.25, 0.3) is 0 Å². The van der Waals surface area contributed by atoms with E-state index in [0.717, 1.165) is 19.8 Å². The third kappa shape index (κ3) is 3.17. The largest absolute Gasteiger partial charge is 0.381 e. The van der Waals surface area contributed by atoms with E-state index < -0.39 is 0 Å². The molecular formula is C19H29NO. The predicted molar refractivity (Wildman–Crippen MR) is 87.6 cm³/mol. The molecule has 2 heteroatoms. The second-order valence-electron chi connectivity index (χ2n) is 7.87. The van der Waals surface area contributed by atoms with Crippen LogP contribution in [0.15, 0.2) is 24.3 Å². The fourth-order valence-electron chi connectivity index (χ4n) is 3.84. The summed E-state index contributed by atoms with van der Waals surface area (Å²) in [7, 11) is 0. The molecule has 1 aliphatic heterocycles. The van der Waals surface area contributed by atoms with Crippen LogP contribution in [0, 0.1) is 5.41 Å².